The van der Waals surface area contributed by atoms with E-state index in [1.54, 1.807) is 4.68 Å². The molecule has 2 aromatic rings. The predicted octanol–water partition coefficient (Wildman–Crippen LogP) is -0.394. The Kier molecular flexibility index (Phi) is 4.31. The first-order valence-electron chi connectivity index (χ1n) is 6.37. The summed E-state index contributed by atoms with van der Waals surface area (Å²) in [6.45, 7) is 4.59. The van der Waals surface area contributed by atoms with Crippen molar-refractivity contribution in [3.63, 3.8) is 0 Å². The standard InChI is InChI=1S/C12H16N6O3/c1-8-5-9(2)18(15-8)7-11(19)13-3-4-17-6-10(12(20)21)14-16-17/h5-6H,3-4,7H2,1-2H3,(H,13,19)(H,20,21). The smallest absolute Gasteiger partial charge is 0.358 e. The summed E-state index contributed by atoms with van der Waals surface area (Å²) >= 11 is 0. The molecule has 0 spiro atoms. The second kappa shape index (κ2) is 6.16. The molecule has 0 aliphatic carbocycles. The van der Waals surface area contributed by atoms with E-state index in [1.165, 1.54) is 10.9 Å². The molecule has 2 rings (SSSR count). The number of hydrogen-bond donors (Lipinski definition) is 2. The highest BCUT2D eigenvalue weighted by atomic mass is 16.4. The topological polar surface area (TPSA) is 115 Å². The van der Waals surface area contributed by atoms with Crippen LogP contribution >= 0.6 is 0 Å². The normalized spacial score (nSPS) is 10.6. The molecule has 0 saturated carbocycles. The van der Waals surface area contributed by atoms with E-state index in [2.05, 4.69) is 20.7 Å². The zero-order valence-corrected chi connectivity index (χ0v) is 11.8. The number of aromatic nitrogens is 5. The number of aromatic carboxylic acids is 1. The molecule has 2 aromatic heterocycles. The number of nitrogens with zero attached hydrogens (tertiary/aromatic N) is 5. The highest BCUT2D eigenvalue weighted by Crippen LogP contribution is 2.00. The fourth-order valence-corrected chi connectivity index (χ4v) is 1.84. The molecule has 2 N–H and O–H groups in total. The zero-order chi connectivity index (χ0) is 15.4. The third kappa shape index (κ3) is 3.88. The number of hydrogen-bond acceptors (Lipinski definition) is 5. The van der Waals surface area contributed by atoms with E-state index in [1.807, 2.05) is 19.9 Å². The molecule has 21 heavy (non-hydrogen) atoms. The van der Waals surface area contributed by atoms with Crippen LogP contribution in [0, 0.1) is 13.8 Å². The fourth-order valence-electron chi connectivity index (χ4n) is 1.84. The minimum atomic E-state index is -1.13. The summed E-state index contributed by atoms with van der Waals surface area (Å²) in [5.41, 5.74) is 1.66. The molecule has 1 amide bonds. The van der Waals surface area contributed by atoms with Crippen LogP contribution in [-0.4, -0.2) is 48.3 Å². The van der Waals surface area contributed by atoms with Gasteiger partial charge >= 0.3 is 5.97 Å². The lowest BCUT2D eigenvalue weighted by Crippen LogP contribution is -2.31. The van der Waals surface area contributed by atoms with E-state index in [-0.39, 0.29) is 18.1 Å². The first-order valence-corrected chi connectivity index (χ1v) is 6.37. The van der Waals surface area contributed by atoms with Gasteiger partial charge in [-0.2, -0.15) is 5.10 Å². The summed E-state index contributed by atoms with van der Waals surface area (Å²) in [7, 11) is 0. The van der Waals surface area contributed by atoms with Crippen LogP contribution < -0.4 is 5.32 Å². The highest BCUT2D eigenvalue weighted by Gasteiger charge is 2.09. The maximum atomic E-state index is 11.8. The molecular formula is C12H16N6O3. The average molecular weight is 292 g/mol. The van der Waals surface area contributed by atoms with Crippen LogP contribution in [0.15, 0.2) is 12.3 Å². The number of aryl methyl sites for hydroxylation is 2. The van der Waals surface area contributed by atoms with E-state index < -0.39 is 5.97 Å². The van der Waals surface area contributed by atoms with Gasteiger partial charge in [0, 0.05) is 12.2 Å². The van der Waals surface area contributed by atoms with Gasteiger partial charge in [-0.15, -0.1) is 5.10 Å². The summed E-state index contributed by atoms with van der Waals surface area (Å²) in [6.07, 6.45) is 1.31. The summed E-state index contributed by atoms with van der Waals surface area (Å²) in [6, 6.07) is 1.90. The SMILES string of the molecule is Cc1cc(C)n(CC(=O)NCCn2cc(C(=O)O)nn2)n1. The summed E-state index contributed by atoms with van der Waals surface area (Å²) in [4.78, 5) is 22.4. The minimum absolute atomic E-state index is 0.121. The maximum Gasteiger partial charge on any atom is 0.358 e. The minimum Gasteiger partial charge on any atom is -0.476 e. The predicted molar refractivity (Wildman–Crippen MR) is 71.7 cm³/mol. The van der Waals surface area contributed by atoms with Crippen LogP contribution in [0.1, 0.15) is 21.9 Å². The Morgan fingerprint density at radius 2 is 2.14 bits per heavy atom. The highest BCUT2D eigenvalue weighted by molar-refractivity contribution is 5.84. The Labute approximate surface area is 120 Å². The molecule has 0 aliphatic rings. The van der Waals surface area contributed by atoms with Gasteiger partial charge in [0.2, 0.25) is 5.91 Å². The van der Waals surface area contributed by atoms with Crippen molar-refractivity contribution in [2.24, 2.45) is 0 Å². The van der Waals surface area contributed by atoms with Crippen molar-refractivity contribution in [1.82, 2.24) is 30.1 Å². The van der Waals surface area contributed by atoms with Crippen LogP contribution in [0.5, 0.6) is 0 Å². The van der Waals surface area contributed by atoms with Crippen LogP contribution in [-0.2, 0) is 17.9 Å². The third-order valence-corrected chi connectivity index (χ3v) is 2.82. The van der Waals surface area contributed by atoms with Crippen molar-refractivity contribution in [2.75, 3.05) is 6.54 Å². The first-order chi connectivity index (χ1) is 9.95. The van der Waals surface area contributed by atoms with Crippen LogP contribution in [0.2, 0.25) is 0 Å². The molecule has 0 radical (unpaired) electrons. The summed E-state index contributed by atoms with van der Waals surface area (Å²) < 4.78 is 3.00. The van der Waals surface area contributed by atoms with Gasteiger partial charge in [0.15, 0.2) is 5.69 Å². The Balaban J connectivity index is 1.78. The van der Waals surface area contributed by atoms with Crippen molar-refractivity contribution in [1.29, 1.82) is 0 Å². The largest absolute Gasteiger partial charge is 0.476 e. The van der Waals surface area contributed by atoms with Crippen LogP contribution in [0.4, 0.5) is 0 Å². The van der Waals surface area contributed by atoms with Gasteiger partial charge < -0.3 is 10.4 Å². The zero-order valence-electron chi connectivity index (χ0n) is 11.8. The van der Waals surface area contributed by atoms with Gasteiger partial charge in [0.25, 0.3) is 0 Å². The van der Waals surface area contributed by atoms with E-state index >= 15 is 0 Å². The van der Waals surface area contributed by atoms with Crippen molar-refractivity contribution < 1.29 is 14.7 Å². The lowest BCUT2D eigenvalue weighted by molar-refractivity contribution is -0.121. The number of carbonyl (C=O) groups is 2. The molecule has 9 nitrogen and oxygen atoms in total. The van der Waals surface area contributed by atoms with Crippen molar-refractivity contribution >= 4 is 11.9 Å². The monoisotopic (exact) mass is 292 g/mol. The first kappa shape index (κ1) is 14.7. The number of carbonyl (C=O) groups excluding carboxylic acids is 1. The molecule has 112 valence electrons. The van der Waals surface area contributed by atoms with Crippen LogP contribution in [0.3, 0.4) is 0 Å². The van der Waals surface area contributed by atoms with Gasteiger partial charge in [-0.25, -0.2) is 9.48 Å². The Morgan fingerprint density at radius 3 is 2.71 bits per heavy atom. The summed E-state index contributed by atoms with van der Waals surface area (Å²) in [5, 5.41) is 22.8. The summed E-state index contributed by atoms with van der Waals surface area (Å²) in [5.74, 6) is -1.30. The second-order valence-corrected chi connectivity index (χ2v) is 4.61. The van der Waals surface area contributed by atoms with Crippen LogP contribution in [0.25, 0.3) is 0 Å². The molecule has 0 saturated heterocycles. The molecule has 0 atom stereocenters. The van der Waals surface area contributed by atoms with Crippen molar-refractivity contribution in [3.05, 3.63) is 29.3 Å². The molecule has 0 unspecified atom stereocenters. The Morgan fingerprint density at radius 1 is 1.38 bits per heavy atom. The molecule has 9 heteroatoms. The average Bonchev–Trinajstić information content (AvgIpc) is 2.97. The van der Waals surface area contributed by atoms with Gasteiger partial charge in [-0.3, -0.25) is 9.48 Å². The molecule has 0 aliphatic heterocycles. The number of nitrogens with one attached hydrogen (secondary N) is 1. The number of carboxylic acid groups (broad SMARTS) is 1. The van der Waals surface area contributed by atoms with Gasteiger partial charge in [-0.1, -0.05) is 5.21 Å². The molecule has 0 bridgehead atoms. The molecule has 2 heterocycles. The fraction of sp³-hybridized carbons (Fsp3) is 0.417. The second-order valence-electron chi connectivity index (χ2n) is 4.61. The lowest BCUT2D eigenvalue weighted by Gasteiger charge is -2.06. The molecule has 0 aromatic carbocycles. The number of amides is 1. The van der Waals surface area contributed by atoms with E-state index in [9.17, 15) is 9.59 Å². The Hall–Kier alpha value is -2.71. The quantitative estimate of drug-likeness (QED) is 0.749. The van der Waals surface area contributed by atoms with Gasteiger partial charge in [0.05, 0.1) is 18.4 Å². The third-order valence-electron chi connectivity index (χ3n) is 2.82. The Bertz CT molecular complexity index is 660. The van der Waals surface area contributed by atoms with Crippen molar-refractivity contribution in [3.8, 4) is 0 Å². The van der Waals surface area contributed by atoms with Crippen molar-refractivity contribution in [2.45, 2.75) is 26.9 Å². The lowest BCUT2D eigenvalue weighted by atomic mass is 10.4. The van der Waals surface area contributed by atoms with Gasteiger partial charge in [-0.05, 0) is 19.9 Å². The number of rotatable bonds is 6. The van der Waals surface area contributed by atoms with E-state index in [0.717, 1.165) is 11.4 Å². The number of carboxylic acids is 1. The maximum absolute atomic E-state index is 11.8. The van der Waals surface area contributed by atoms with E-state index in [4.69, 9.17) is 5.11 Å². The van der Waals surface area contributed by atoms with E-state index in [0.29, 0.717) is 13.1 Å². The van der Waals surface area contributed by atoms with Gasteiger partial charge in [0.1, 0.15) is 6.54 Å². The molecule has 0 fully saturated rings. The molecular weight excluding hydrogens is 276 g/mol.